The molecule has 28 heavy (non-hydrogen) atoms. The number of halogens is 1. The van der Waals surface area contributed by atoms with Crippen molar-refractivity contribution in [3.05, 3.63) is 59.9 Å². The molecule has 0 bridgehead atoms. The van der Waals surface area contributed by atoms with E-state index >= 15 is 0 Å². The van der Waals surface area contributed by atoms with Crippen LogP contribution >= 0.6 is 0 Å². The number of nitrogens with one attached hydrogen (secondary N) is 1. The summed E-state index contributed by atoms with van der Waals surface area (Å²) < 4.78 is 15.8. The van der Waals surface area contributed by atoms with E-state index in [2.05, 4.69) is 20.9 Å². The van der Waals surface area contributed by atoms with Gasteiger partial charge in [-0.25, -0.2) is 9.37 Å². The van der Waals surface area contributed by atoms with E-state index in [1.807, 2.05) is 31.3 Å². The molecule has 2 heterocycles. The van der Waals surface area contributed by atoms with Crippen LogP contribution in [0.3, 0.4) is 0 Å². The number of hydrogen-bond acceptors (Lipinski definition) is 3. The largest absolute Gasteiger partial charge is 0.355 e. The number of fused-ring (bicyclic) bond motifs is 1. The summed E-state index contributed by atoms with van der Waals surface area (Å²) in [7, 11) is 2.02. The van der Waals surface area contributed by atoms with E-state index in [0.717, 1.165) is 36.4 Å². The highest BCUT2D eigenvalue weighted by Gasteiger charge is 2.28. The average Bonchev–Trinajstić information content (AvgIpc) is 3.06. The first kappa shape index (κ1) is 18.5. The van der Waals surface area contributed by atoms with Crippen LogP contribution in [-0.2, 0) is 18.3 Å². The van der Waals surface area contributed by atoms with E-state index in [0.29, 0.717) is 25.1 Å². The molecule has 1 N–H and O–H groups in total. The van der Waals surface area contributed by atoms with Crippen LogP contribution in [0.15, 0.2) is 48.5 Å². The Morgan fingerprint density at radius 3 is 2.82 bits per heavy atom. The first-order chi connectivity index (χ1) is 13.6. The minimum Gasteiger partial charge on any atom is -0.355 e. The highest BCUT2D eigenvalue weighted by molar-refractivity contribution is 5.81. The van der Waals surface area contributed by atoms with Crippen LogP contribution in [0, 0.1) is 11.7 Å². The zero-order valence-corrected chi connectivity index (χ0v) is 16.1. The number of nitrogens with zero attached hydrogens (tertiary/aromatic N) is 3. The van der Waals surface area contributed by atoms with Gasteiger partial charge in [-0.2, -0.15) is 0 Å². The third kappa shape index (κ3) is 3.72. The summed E-state index contributed by atoms with van der Waals surface area (Å²) >= 11 is 0. The van der Waals surface area contributed by atoms with Crippen molar-refractivity contribution in [2.45, 2.75) is 19.3 Å². The summed E-state index contributed by atoms with van der Waals surface area (Å²) in [6.45, 7) is 2.00. The predicted octanol–water partition coefficient (Wildman–Crippen LogP) is 3.29. The van der Waals surface area contributed by atoms with Crippen molar-refractivity contribution in [3.63, 3.8) is 0 Å². The van der Waals surface area contributed by atoms with Crippen molar-refractivity contribution in [2.75, 3.05) is 24.5 Å². The second-order valence-electron chi connectivity index (χ2n) is 7.38. The molecule has 1 aliphatic heterocycles. The molecule has 1 amide bonds. The Kier molecular flexibility index (Phi) is 5.28. The number of benzene rings is 2. The van der Waals surface area contributed by atoms with Gasteiger partial charge in [0.2, 0.25) is 11.9 Å². The average molecular weight is 380 g/mol. The quantitative estimate of drug-likeness (QED) is 0.739. The van der Waals surface area contributed by atoms with E-state index in [1.54, 1.807) is 12.1 Å². The van der Waals surface area contributed by atoms with Gasteiger partial charge in [0, 0.05) is 26.7 Å². The van der Waals surface area contributed by atoms with Gasteiger partial charge in [0.25, 0.3) is 0 Å². The second kappa shape index (κ2) is 8.00. The Labute approximate surface area is 164 Å². The van der Waals surface area contributed by atoms with E-state index in [-0.39, 0.29) is 17.6 Å². The topological polar surface area (TPSA) is 50.2 Å². The number of amides is 1. The second-order valence-corrected chi connectivity index (χ2v) is 7.38. The molecule has 1 atom stereocenters. The van der Waals surface area contributed by atoms with Gasteiger partial charge in [-0.1, -0.05) is 30.3 Å². The third-order valence-electron chi connectivity index (χ3n) is 5.49. The molecule has 5 nitrogen and oxygen atoms in total. The molecule has 0 aliphatic carbocycles. The molecule has 1 saturated heterocycles. The highest BCUT2D eigenvalue weighted by Crippen LogP contribution is 2.26. The van der Waals surface area contributed by atoms with E-state index in [9.17, 15) is 9.18 Å². The minimum atomic E-state index is -0.220. The summed E-state index contributed by atoms with van der Waals surface area (Å²) in [4.78, 5) is 19.6. The van der Waals surface area contributed by atoms with Gasteiger partial charge in [0.15, 0.2) is 0 Å². The van der Waals surface area contributed by atoms with Crippen LogP contribution < -0.4 is 10.2 Å². The van der Waals surface area contributed by atoms with Gasteiger partial charge in [-0.05, 0) is 43.0 Å². The van der Waals surface area contributed by atoms with Gasteiger partial charge in [-0.3, -0.25) is 4.79 Å². The van der Waals surface area contributed by atoms with Crippen LogP contribution in [0.5, 0.6) is 0 Å². The standard InChI is InChI=1S/C22H25FN4O/c1-26-20-11-5-4-10-19(20)25-22(26)27-14-6-8-17(15-27)21(28)24-13-12-16-7-2-3-9-18(16)23/h2-5,7,9-11,17H,6,8,12-15H2,1H3,(H,24,28). The summed E-state index contributed by atoms with van der Waals surface area (Å²) in [6.07, 6.45) is 2.32. The Balaban J connectivity index is 1.38. The Bertz CT molecular complexity index is 984. The number of aromatic nitrogens is 2. The van der Waals surface area contributed by atoms with Gasteiger partial charge in [0.05, 0.1) is 17.0 Å². The molecule has 2 aromatic carbocycles. The van der Waals surface area contributed by atoms with Crippen LogP contribution in [0.1, 0.15) is 18.4 Å². The molecule has 1 aromatic heterocycles. The zero-order chi connectivity index (χ0) is 19.5. The smallest absolute Gasteiger partial charge is 0.224 e. The van der Waals surface area contributed by atoms with Crippen LogP contribution in [0.2, 0.25) is 0 Å². The minimum absolute atomic E-state index is 0.0415. The van der Waals surface area contributed by atoms with Gasteiger partial charge < -0.3 is 14.8 Å². The lowest BCUT2D eigenvalue weighted by Gasteiger charge is -2.32. The summed E-state index contributed by atoms with van der Waals surface area (Å²) in [5.74, 6) is 0.654. The van der Waals surface area contributed by atoms with Crippen molar-refractivity contribution in [1.29, 1.82) is 0 Å². The Morgan fingerprint density at radius 2 is 2.00 bits per heavy atom. The number of piperidine rings is 1. The Hall–Kier alpha value is -2.89. The summed E-state index contributed by atoms with van der Waals surface area (Å²) in [5.41, 5.74) is 2.69. The van der Waals surface area contributed by atoms with E-state index in [1.165, 1.54) is 6.07 Å². The fraction of sp³-hybridized carbons (Fsp3) is 0.364. The molecule has 0 saturated carbocycles. The number of carbonyl (C=O) groups excluding carboxylic acids is 1. The third-order valence-corrected chi connectivity index (χ3v) is 5.49. The van der Waals surface area contributed by atoms with Crippen molar-refractivity contribution in [1.82, 2.24) is 14.9 Å². The lowest BCUT2D eigenvalue weighted by molar-refractivity contribution is -0.125. The van der Waals surface area contributed by atoms with Crippen LogP contribution in [-0.4, -0.2) is 35.1 Å². The molecular formula is C22H25FN4O. The highest BCUT2D eigenvalue weighted by atomic mass is 19.1. The maximum atomic E-state index is 13.7. The van der Waals surface area contributed by atoms with E-state index < -0.39 is 0 Å². The number of aryl methyl sites for hydroxylation is 1. The van der Waals surface area contributed by atoms with Crippen molar-refractivity contribution in [3.8, 4) is 0 Å². The summed E-state index contributed by atoms with van der Waals surface area (Å²) in [5, 5.41) is 2.98. The molecule has 1 fully saturated rings. The fourth-order valence-corrected chi connectivity index (χ4v) is 3.95. The van der Waals surface area contributed by atoms with E-state index in [4.69, 9.17) is 4.98 Å². The normalized spacial score (nSPS) is 17.1. The monoisotopic (exact) mass is 380 g/mol. The molecule has 6 heteroatoms. The maximum Gasteiger partial charge on any atom is 0.224 e. The number of carbonyl (C=O) groups is 1. The lowest BCUT2D eigenvalue weighted by Crippen LogP contribution is -2.44. The number of anilines is 1. The number of para-hydroxylation sites is 2. The maximum absolute atomic E-state index is 13.7. The molecule has 0 spiro atoms. The SMILES string of the molecule is Cn1c(N2CCCC(C(=O)NCCc3ccccc3F)C2)nc2ccccc21. The molecule has 1 aliphatic rings. The lowest BCUT2D eigenvalue weighted by atomic mass is 9.97. The van der Waals surface area contributed by atoms with Crippen molar-refractivity contribution < 1.29 is 9.18 Å². The van der Waals surface area contributed by atoms with Crippen molar-refractivity contribution in [2.24, 2.45) is 13.0 Å². The molecule has 4 rings (SSSR count). The molecule has 146 valence electrons. The molecule has 3 aromatic rings. The van der Waals surface area contributed by atoms with Gasteiger partial charge in [0.1, 0.15) is 5.82 Å². The number of rotatable bonds is 5. The van der Waals surface area contributed by atoms with Gasteiger partial charge >= 0.3 is 0 Å². The molecule has 0 radical (unpaired) electrons. The first-order valence-electron chi connectivity index (χ1n) is 9.81. The van der Waals surface area contributed by atoms with Gasteiger partial charge in [-0.15, -0.1) is 0 Å². The zero-order valence-electron chi connectivity index (χ0n) is 16.1. The van der Waals surface area contributed by atoms with Crippen molar-refractivity contribution >= 4 is 22.9 Å². The van der Waals surface area contributed by atoms with Crippen LogP contribution in [0.25, 0.3) is 11.0 Å². The number of imidazole rings is 1. The first-order valence-corrected chi connectivity index (χ1v) is 9.81. The predicted molar refractivity (Wildman–Crippen MR) is 109 cm³/mol. The number of hydrogen-bond donors (Lipinski definition) is 1. The van der Waals surface area contributed by atoms with Crippen LogP contribution in [0.4, 0.5) is 10.3 Å². The summed E-state index contributed by atoms with van der Waals surface area (Å²) in [6, 6.07) is 14.8. The fourth-order valence-electron chi connectivity index (χ4n) is 3.95. The molecule has 1 unspecified atom stereocenters. The molecular weight excluding hydrogens is 355 g/mol. The Morgan fingerprint density at radius 1 is 1.21 bits per heavy atom.